The van der Waals surface area contributed by atoms with Crippen LogP contribution in [-0.4, -0.2) is 24.1 Å². The molecule has 62 heavy (non-hydrogen) atoms. The zero-order valence-electron chi connectivity index (χ0n) is 35.6. The van der Waals surface area contributed by atoms with E-state index in [1.807, 2.05) is 91.0 Å². The Morgan fingerprint density at radius 2 is 0.839 bits per heavy atom. The lowest BCUT2D eigenvalue weighted by molar-refractivity contribution is 0.591. The highest BCUT2D eigenvalue weighted by atomic mass is 15.1. The molecule has 0 aliphatic rings. The van der Waals surface area contributed by atoms with Gasteiger partial charge in [-0.15, -0.1) is 0 Å². The standard InChI is InChI=1S/C55H43N7/c1-54(2,3)38-19-24-47-43(29-38)41-27-34(32-56)17-22-46(41)61(47)40-21-26-50(62-48-23-18-35(33-57)28-42(48)44-30-39(55(4,5)6)20-25-49(44)62)45(31-40)53-59-51(36-13-9-7-10-14-36)58-52(60-53)37-15-11-8-12-16-37/h7-31H,1-6H3. The van der Waals surface area contributed by atoms with Gasteiger partial charge in [0.05, 0.1) is 51.0 Å². The Morgan fingerprint density at radius 1 is 0.419 bits per heavy atom. The van der Waals surface area contributed by atoms with Gasteiger partial charge in [0.15, 0.2) is 17.5 Å². The first-order valence-electron chi connectivity index (χ1n) is 20.9. The quantitative estimate of drug-likeness (QED) is 0.173. The molecule has 0 amide bonds. The number of hydrogen-bond acceptors (Lipinski definition) is 5. The Kier molecular flexibility index (Phi) is 8.91. The molecule has 0 unspecified atom stereocenters. The highest BCUT2D eigenvalue weighted by molar-refractivity contribution is 6.11. The van der Waals surface area contributed by atoms with Crippen molar-refractivity contribution in [2.24, 2.45) is 0 Å². The fraction of sp³-hybridized carbons (Fsp3) is 0.145. The molecular formula is C55H43N7. The summed E-state index contributed by atoms with van der Waals surface area (Å²) in [7, 11) is 0. The topological polar surface area (TPSA) is 96.1 Å². The maximum atomic E-state index is 10.1. The fourth-order valence-electron chi connectivity index (χ4n) is 8.62. The van der Waals surface area contributed by atoms with Crippen molar-refractivity contribution in [2.75, 3.05) is 0 Å². The zero-order valence-corrected chi connectivity index (χ0v) is 35.6. The number of fused-ring (bicyclic) bond motifs is 6. The first kappa shape index (κ1) is 38.3. The largest absolute Gasteiger partial charge is 0.309 e. The van der Waals surface area contributed by atoms with E-state index in [2.05, 4.69) is 123 Å². The van der Waals surface area contributed by atoms with Crippen molar-refractivity contribution < 1.29 is 0 Å². The molecule has 0 saturated heterocycles. The molecule has 0 spiro atoms. The summed E-state index contributed by atoms with van der Waals surface area (Å²) < 4.78 is 4.57. The summed E-state index contributed by atoms with van der Waals surface area (Å²) >= 11 is 0. The molecule has 0 bridgehead atoms. The SMILES string of the molecule is CC(C)(C)c1ccc2c(c1)c1cc(C#N)ccc1n2-c1ccc(-n2c3ccc(C#N)cc3c3cc(C(C)(C)C)ccc32)c(-c2nc(-c3ccccc3)nc(-c3ccccc3)n2)c1. The molecule has 0 fully saturated rings. The summed E-state index contributed by atoms with van der Waals surface area (Å²) in [6.45, 7) is 13.3. The molecule has 3 aromatic heterocycles. The van der Waals surface area contributed by atoms with Gasteiger partial charge in [0.2, 0.25) is 0 Å². The average Bonchev–Trinajstić information content (AvgIpc) is 3.79. The molecule has 0 radical (unpaired) electrons. The highest BCUT2D eigenvalue weighted by Gasteiger charge is 2.24. The van der Waals surface area contributed by atoms with Gasteiger partial charge < -0.3 is 9.13 Å². The van der Waals surface area contributed by atoms with Gasteiger partial charge in [0, 0.05) is 43.9 Å². The van der Waals surface area contributed by atoms with Gasteiger partial charge in [-0.3, -0.25) is 0 Å². The van der Waals surface area contributed by atoms with E-state index in [4.69, 9.17) is 15.0 Å². The molecule has 0 aliphatic carbocycles. The monoisotopic (exact) mass is 801 g/mol. The minimum Gasteiger partial charge on any atom is -0.309 e. The maximum Gasteiger partial charge on any atom is 0.166 e. The first-order valence-corrected chi connectivity index (χ1v) is 20.9. The van der Waals surface area contributed by atoms with Gasteiger partial charge >= 0.3 is 0 Å². The van der Waals surface area contributed by atoms with Crippen LogP contribution in [0.4, 0.5) is 0 Å². The van der Waals surface area contributed by atoms with Gasteiger partial charge in [-0.2, -0.15) is 10.5 Å². The second-order valence-electron chi connectivity index (χ2n) is 18.1. The van der Waals surface area contributed by atoms with Crippen LogP contribution in [0, 0.1) is 22.7 Å². The van der Waals surface area contributed by atoms with Gasteiger partial charge in [0.25, 0.3) is 0 Å². The van der Waals surface area contributed by atoms with Crippen LogP contribution >= 0.6 is 0 Å². The molecule has 0 saturated carbocycles. The molecule has 0 atom stereocenters. The number of benzene rings is 7. The second kappa shape index (κ2) is 14.4. The molecule has 7 heteroatoms. The second-order valence-corrected chi connectivity index (χ2v) is 18.1. The summed E-state index contributed by atoms with van der Waals surface area (Å²) in [4.78, 5) is 15.6. The number of rotatable bonds is 5. The van der Waals surface area contributed by atoms with Crippen LogP contribution in [0.25, 0.3) is 89.2 Å². The van der Waals surface area contributed by atoms with Crippen molar-refractivity contribution in [3.05, 3.63) is 174 Å². The number of aromatic nitrogens is 5. The van der Waals surface area contributed by atoms with Crippen molar-refractivity contribution in [2.45, 2.75) is 52.4 Å². The normalized spacial score (nSPS) is 12.0. The van der Waals surface area contributed by atoms with Crippen LogP contribution in [0.15, 0.2) is 152 Å². The van der Waals surface area contributed by atoms with Crippen LogP contribution in [0.3, 0.4) is 0 Å². The summed E-state index contributed by atoms with van der Waals surface area (Å²) in [6, 6.07) is 56.6. The number of nitrogens with zero attached hydrogens (tertiary/aromatic N) is 7. The minimum absolute atomic E-state index is 0.0696. The van der Waals surface area contributed by atoms with E-state index in [0.717, 1.165) is 71.7 Å². The van der Waals surface area contributed by atoms with E-state index in [9.17, 15) is 10.5 Å². The zero-order chi connectivity index (χ0) is 42.9. The highest BCUT2D eigenvalue weighted by Crippen LogP contribution is 2.41. The molecular weight excluding hydrogens is 759 g/mol. The first-order chi connectivity index (χ1) is 29.9. The third kappa shape index (κ3) is 6.47. The average molecular weight is 802 g/mol. The van der Waals surface area contributed by atoms with Crippen molar-refractivity contribution in [1.82, 2.24) is 24.1 Å². The predicted octanol–water partition coefficient (Wildman–Crippen LogP) is 13.4. The van der Waals surface area contributed by atoms with Crippen molar-refractivity contribution in [3.8, 4) is 57.7 Å². The van der Waals surface area contributed by atoms with E-state index in [1.165, 1.54) is 11.1 Å². The Hall–Kier alpha value is -7.87. The molecule has 3 heterocycles. The van der Waals surface area contributed by atoms with Gasteiger partial charge in [-0.1, -0.05) is 114 Å². The Balaban J connectivity index is 1.33. The van der Waals surface area contributed by atoms with Crippen LogP contribution in [0.1, 0.15) is 63.8 Å². The summed E-state index contributed by atoms with van der Waals surface area (Å²) in [5, 5.41) is 24.2. The molecule has 10 aromatic rings. The molecule has 0 N–H and O–H groups in total. The van der Waals surface area contributed by atoms with Crippen LogP contribution in [0.5, 0.6) is 0 Å². The third-order valence-corrected chi connectivity index (χ3v) is 11.9. The van der Waals surface area contributed by atoms with Gasteiger partial charge in [-0.05, 0) is 101 Å². The fourth-order valence-corrected chi connectivity index (χ4v) is 8.62. The van der Waals surface area contributed by atoms with E-state index in [0.29, 0.717) is 28.6 Å². The maximum absolute atomic E-state index is 10.1. The number of nitriles is 2. The summed E-state index contributed by atoms with van der Waals surface area (Å²) in [5.41, 5.74) is 11.9. The van der Waals surface area contributed by atoms with E-state index < -0.39 is 0 Å². The predicted molar refractivity (Wildman–Crippen MR) is 252 cm³/mol. The molecule has 7 nitrogen and oxygen atoms in total. The van der Waals surface area contributed by atoms with Crippen molar-refractivity contribution >= 4 is 43.6 Å². The van der Waals surface area contributed by atoms with E-state index in [1.54, 1.807) is 0 Å². The molecule has 298 valence electrons. The van der Waals surface area contributed by atoms with Crippen molar-refractivity contribution in [1.29, 1.82) is 10.5 Å². The number of hydrogen-bond donors (Lipinski definition) is 0. The van der Waals surface area contributed by atoms with Crippen LogP contribution < -0.4 is 0 Å². The summed E-state index contributed by atoms with van der Waals surface area (Å²) in [6.07, 6.45) is 0. The van der Waals surface area contributed by atoms with E-state index in [-0.39, 0.29) is 10.8 Å². The smallest absolute Gasteiger partial charge is 0.166 e. The van der Waals surface area contributed by atoms with Gasteiger partial charge in [0.1, 0.15) is 0 Å². The Bertz CT molecular complexity index is 3430. The van der Waals surface area contributed by atoms with Crippen molar-refractivity contribution in [3.63, 3.8) is 0 Å². The molecule has 7 aromatic carbocycles. The van der Waals surface area contributed by atoms with Gasteiger partial charge in [-0.25, -0.2) is 15.0 Å². The molecule has 0 aliphatic heterocycles. The lowest BCUT2D eigenvalue weighted by atomic mass is 9.86. The summed E-state index contributed by atoms with van der Waals surface area (Å²) in [5.74, 6) is 1.65. The lowest BCUT2D eigenvalue weighted by Gasteiger charge is -2.20. The lowest BCUT2D eigenvalue weighted by Crippen LogP contribution is -2.10. The molecule has 10 rings (SSSR count). The Morgan fingerprint density at radius 3 is 1.29 bits per heavy atom. The van der Waals surface area contributed by atoms with Crippen LogP contribution in [-0.2, 0) is 10.8 Å². The minimum atomic E-state index is -0.0845. The third-order valence-electron chi connectivity index (χ3n) is 11.9. The van der Waals surface area contributed by atoms with Crippen LogP contribution in [0.2, 0.25) is 0 Å². The Labute approximate surface area is 360 Å². The van der Waals surface area contributed by atoms with E-state index >= 15 is 0 Å².